The van der Waals surface area contributed by atoms with Crippen LogP contribution in [0.15, 0.2) is 18.2 Å². The number of nitrogens with zero attached hydrogens (tertiary/aromatic N) is 2. The van der Waals surface area contributed by atoms with E-state index in [0.717, 1.165) is 13.1 Å². The Bertz CT molecular complexity index is 631. The lowest BCUT2D eigenvalue weighted by molar-refractivity contribution is -0.0257. The Morgan fingerprint density at radius 2 is 1.96 bits per heavy atom. The van der Waals surface area contributed by atoms with Crippen molar-refractivity contribution in [2.45, 2.75) is 12.0 Å². The summed E-state index contributed by atoms with van der Waals surface area (Å²) in [7, 11) is 0. The fraction of sp³-hybridized carbons (Fsp3) is 0.588. The van der Waals surface area contributed by atoms with Gasteiger partial charge in [-0.2, -0.15) is 0 Å². The van der Waals surface area contributed by atoms with Gasteiger partial charge in [0.2, 0.25) is 6.79 Å². The minimum absolute atomic E-state index is 0.0776. The Labute approximate surface area is 140 Å². The van der Waals surface area contributed by atoms with Crippen LogP contribution in [0.25, 0.3) is 0 Å². The van der Waals surface area contributed by atoms with Crippen molar-refractivity contribution in [3.05, 3.63) is 23.8 Å². The largest absolute Gasteiger partial charge is 0.454 e. The zero-order chi connectivity index (χ0) is 16.6. The zero-order valence-corrected chi connectivity index (χ0v) is 13.6. The molecule has 3 aliphatic heterocycles. The average molecular weight is 334 g/mol. The van der Waals surface area contributed by atoms with E-state index >= 15 is 0 Å². The van der Waals surface area contributed by atoms with Crippen molar-refractivity contribution >= 4 is 5.91 Å². The second kappa shape index (κ2) is 6.23. The Hall–Kier alpha value is -1.83. The van der Waals surface area contributed by atoms with Crippen LogP contribution in [0.1, 0.15) is 16.8 Å². The summed E-state index contributed by atoms with van der Waals surface area (Å²) in [5.41, 5.74) is -0.279. The van der Waals surface area contributed by atoms with Crippen LogP contribution in [-0.4, -0.2) is 79.1 Å². The number of hydrogen-bond donors (Lipinski definition) is 1. The van der Waals surface area contributed by atoms with E-state index in [1.165, 1.54) is 0 Å². The van der Waals surface area contributed by atoms with Crippen molar-refractivity contribution in [1.82, 2.24) is 9.80 Å². The predicted octanol–water partition coefficient (Wildman–Crippen LogP) is 0.325. The van der Waals surface area contributed by atoms with Gasteiger partial charge in [-0.15, -0.1) is 0 Å². The molecule has 0 unspecified atom stereocenters. The van der Waals surface area contributed by atoms with Crippen molar-refractivity contribution in [2.75, 3.05) is 52.7 Å². The maximum Gasteiger partial charge on any atom is 0.254 e. The maximum atomic E-state index is 12.7. The van der Waals surface area contributed by atoms with E-state index in [4.69, 9.17) is 14.2 Å². The second-order valence-corrected chi connectivity index (χ2v) is 6.66. The number of rotatable bonds is 3. The number of ether oxygens (including phenoxy) is 3. The summed E-state index contributed by atoms with van der Waals surface area (Å²) in [5.74, 6) is 1.19. The number of β-amino-alcohol motifs (C(OH)–C–C–N with tert-alkyl or cyclic N) is 1. The highest BCUT2D eigenvalue weighted by Crippen LogP contribution is 2.33. The number of aliphatic hydroxyl groups is 1. The maximum absolute atomic E-state index is 12.7. The summed E-state index contributed by atoms with van der Waals surface area (Å²) in [6.45, 7) is 4.77. The topological polar surface area (TPSA) is 71.5 Å². The third kappa shape index (κ3) is 3.07. The van der Waals surface area contributed by atoms with E-state index in [1.54, 1.807) is 23.1 Å². The first-order chi connectivity index (χ1) is 11.6. The van der Waals surface area contributed by atoms with Gasteiger partial charge in [-0.3, -0.25) is 9.69 Å². The number of morpholine rings is 1. The average Bonchev–Trinajstić information content (AvgIpc) is 3.21. The molecular weight excluding hydrogens is 312 g/mol. The van der Waals surface area contributed by atoms with Gasteiger partial charge >= 0.3 is 0 Å². The third-order valence-electron chi connectivity index (χ3n) is 4.86. The molecule has 3 aliphatic rings. The predicted molar refractivity (Wildman–Crippen MR) is 85.3 cm³/mol. The number of benzene rings is 1. The minimum atomic E-state index is -0.844. The van der Waals surface area contributed by atoms with Gasteiger partial charge in [-0.1, -0.05) is 0 Å². The van der Waals surface area contributed by atoms with E-state index in [0.29, 0.717) is 56.3 Å². The molecule has 7 nitrogen and oxygen atoms in total. The summed E-state index contributed by atoms with van der Waals surface area (Å²) in [4.78, 5) is 16.6. The van der Waals surface area contributed by atoms with Crippen molar-refractivity contribution in [3.63, 3.8) is 0 Å². The fourth-order valence-electron chi connectivity index (χ4n) is 3.55. The summed E-state index contributed by atoms with van der Waals surface area (Å²) in [5, 5.41) is 10.8. The lowest BCUT2D eigenvalue weighted by Crippen LogP contribution is -2.49. The number of hydrogen-bond acceptors (Lipinski definition) is 6. The van der Waals surface area contributed by atoms with E-state index in [9.17, 15) is 9.90 Å². The molecule has 130 valence electrons. The van der Waals surface area contributed by atoms with Crippen molar-refractivity contribution in [2.24, 2.45) is 0 Å². The molecule has 2 fully saturated rings. The first kappa shape index (κ1) is 15.7. The number of amides is 1. The normalized spacial score (nSPS) is 26.8. The van der Waals surface area contributed by atoms with Gasteiger partial charge in [0, 0.05) is 31.7 Å². The molecule has 0 bridgehead atoms. The molecule has 0 aromatic heterocycles. The van der Waals surface area contributed by atoms with Gasteiger partial charge in [0.05, 0.1) is 25.4 Å². The molecule has 2 saturated heterocycles. The van der Waals surface area contributed by atoms with Gasteiger partial charge in [0.15, 0.2) is 11.5 Å². The molecule has 1 amide bonds. The molecule has 7 heteroatoms. The van der Waals surface area contributed by atoms with E-state index in [1.807, 2.05) is 0 Å². The van der Waals surface area contributed by atoms with Crippen LogP contribution < -0.4 is 9.47 Å². The van der Waals surface area contributed by atoms with E-state index < -0.39 is 5.60 Å². The summed E-state index contributed by atoms with van der Waals surface area (Å²) < 4.78 is 15.9. The second-order valence-electron chi connectivity index (χ2n) is 6.66. The van der Waals surface area contributed by atoms with Crippen LogP contribution in [0.2, 0.25) is 0 Å². The summed E-state index contributed by atoms with van der Waals surface area (Å²) in [6.07, 6.45) is 0.598. The molecule has 3 heterocycles. The Morgan fingerprint density at radius 1 is 1.17 bits per heavy atom. The summed E-state index contributed by atoms with van der Waals surface area (Å²) in [6, 6.07) is 5.21. The lowest BCUT2D eigenvalue weighted by Gasteiger charge is -2.33. The SMILES string of the molecule is O=C(c1ccc2c(c1)OCO2)N1CC[C@@](O)(CN2CCOCC2)C1. The first-order valence-electron chi connectivity index (χ1n) is 8.34. The third-order valence-corrected chi connectivity index (χ3v) is 4.86. The van der Waals surface area contributed by atoms with Gasteiger partial charge in [0.1, 0.15) is 0 Å². The quantitative estimate of drug-likeness (QED) is 0.859. The van der Waals surface area contributed by atoms with Crippen LogP contribution >= 0.6 is 0 Å². The van der Waals surface area contributed by atoms with Gasteiger partial charge in [-0.05, 0) is 24.6 Å². The lowest BCUT2D eigenvalue weighted by atomic mass is 10.0. The molecule has 0 radical (unpaired) electrons. The van der Waals surface area contributed by atoms with Gasteiger partial charge < -0.3 is 24.2 Å². The molecule has 0 spiro atoms. The van der Waals surface area contributed by atoms with E-state index in [2.05, 4.69) is 4.90 Å². The van der Waals surface area contributed by atoms with Crippen molar-refractivity contribution < 1.29 is 24.1 Å². The number of carbonyl (C=O) groups is 1. The Balaban J connectivity index is 1.41. The van der Waals surface area contributed by atoms with Crippen LogP contribution in [0.4, 0.5) is 0 Å². The Kier molecular flexibility index (Phi) is 4.07. The van der Waals surface area contributed by atoms with E-state index in [-0.39, 0.29) is 12.7 Å². The summed E-state index contributed by atoms with van der Waals surface area (Å²) >= 11 is 0. The molecule has 1 N–H and O–H groups in total. The van der Waals surface area contributed by atoms with Crippen LogP contribution in [0, 0.1) is 0 Å². The monoisotopic (exact) mass is 334 g/mol. The standard InChI is InChI=1S/C17H22N2O5/c20-16(13-1-2-14-15(9-13)24-12-23-14)19-4-3-17(21,11-19)10-18-5-7-22-8-6-18/h1-2,9,21H,3-8,10-12H2/t17-/m1/s1. The highest BCUT2D eigenvalue weighted by Gasteiger charge is 2.40. The highest BCUT2D eigenvalue weighted by molar-refractivity contribution is 5.95. The number of likely N-dealkylation sites (tertiary alicyclic amines) is 1. The van der Waals surface area contributed by atoms with Gasteiger partial charge in [0.25, 0.3) is 5.91 Å². The first-order valence-corrected chi connectivity index (χ1v) is 8.34. The zero-order valence-electron chi connectivity index (χ0n) is 13.6. The molecule has 1 aromatic carbocycles. The van der Waals surface area contributed by atoms with Gasteiger partial charge in [-0.25, -0.2) is 0 Å². The fourth-order valence-corrected chi connectivity index (χ4v) is 3.55. The Morgan fingerprint density at radius 3 is 2.79 bits per heavy atom. The van der Waals surface area contributed by atoms with Crippen LogP contribution in [0.5, 0.6) is 11.5 Å². The molecule has 4 rings (SSSR count). The number of carbonyl (C=O) groups excluding carboxylic acids is 1. The number of fused-ring (bicyclic) bond motifs is 1. The smallest absolute Gasteiger partial charge is 0.254 e. The molecular formula is C17H22N2O5. The molecule has 1 aromatic rings. The minimum Gasteiger partial charge on any atom is -0.454 e. The van der Waals surface area contributed by atoms with Crippen LogP contribution in [0.3, 0.4) is 0 Å². The van der Waals surface area contributed by atoms with Crippen molar-refractivity contribution in [3.8, 4) is 11.5 Å². The van der Waals surface area contributed by atoms with Crippen molar-refractivity contribution in [1.29, 1.82) is 0 Å². The molecule has 0 aliphatic carbocycles. The molecule has 24 heavy (non-hydrogen) atoms. The molecule has 1 atom stereocenters. The molecule has 0 saturated carbocycles. The highest BCUT2D eigenvalue weighted by atomic mass is 16.7. The van der Waals surface area contributed by atoms with Crippen LogP contribution in [-0.2, 0) is 4.74 Å².